The molecule has 2 amide bonds. The van der Waals surface area contributed by atoms with Gasteiger partial charge in [0.25, 0.3) is 5.91 Å². The van der Waals surface area contributed by atoms with Gasteiger partial charge in [-0.05, 0) is 25.8 Å². The number of aromatic nitrogens is 5. The fourth-order valence-corrected chi connectivity index (χ4v) is 5.28. The van der Waals surface area contributed by atoms with E-state index in [1.807, 2.05) is 19.4 Å². The Balaban J connectivity index is 1.26. The molecule has 0 saturated carbocycles. The second-order valence-corrected chi connectivity index (χ2v) is 9.91. The number of ether oxygens (including phenoxy) is 1. The highest BCUT2D eigenvalue weighted by molar-refractivity contribution is 7.21. The summed E-state index contributed by atoms with van der Waals surface area (Å²) in [5.41, 5.74) is 3.13. The number of piperidine rings is 1. The van der Waals surface area contributed by atoms with E-state index in [2.05, 4.69) is 30.7 Å². The Labute approximate surface area is 212 Å². The molecule has 0 spiro atoms. The molecular formula is C24H28N8O3S. The summed E-state index contributed by atoms with van der Waals surface area (Å²) in [5, 5.41) is 14.4. The van der Waals surface area contributed by atoms with Gasteiger partial charge in [0.1, 0.15) is 4.83 Å². The van der Waals surface area contributed by atoms with Crippen LogP contribution in [0.2, 0.25) is 0 Å². The third-order valence-corrected chi connectivity index (χ3v) is 7.45. The molecule has 0 radical (unpaired) electrons. The largest absolute Gasteiger partial charge is 0.381 e. The van der Waals surface area contributed by atoms with Crippen molar-refractivity contribution in [3.8, 4) is 10.4 Å². The number of fused-ring (bicyclic) bond motifs is 1. The highest BCUT2D eigenvalue weighted by Crippen LogP contribution is 2.30. The molecule has 188 valence electrons. The Morgan fingerprint density at radius 1 is 1.14 bits per heavy atom. The van der Waals surface area contributed by atoms with E-state index in [4.69, 9.17) is 4.74 Å². The third-order valence-electron chi connectivity index (χ3n) is 6.28. The van der Waals surface area contributed by atoms with E-state index in [0.717, 1.165) is 41.2 Å². The van der Waals surface area contributed by atoms with Crippen molar-refractivity contribution in [3.63, 3.8) is 0 Å². The third kappa shape index (κ3) is 5.15. The summed E-state index contributed by atoms with van der Waals surface area (Å²) in [4.78, 5) is 33.9. The van der Waals surface area contributed by atoms with Crippen LogP contribution in [0.3, 0.4) is 0 Å². The molecular weight excluding hydrogens is 480 g/mol. The number of anilines is 2. The predicted octanol–water partition coefficient (Wildman–Crippen LogP) is 2.80. The molecule has 36 heavy (non-hydrogen) atoms. The summed E-state index contributed by atoms with van der Waals surface area (Å²) in [6.45, 7) is 3.76. The Morgan fingerprint density at radius 3 is 2.67 bits per heavy atom. The van der Waals surface area contributed by atoms with Crippen LogP contribution in [-0.2, 0) is 16.6 Å². The van der Waals surface area contributed by atoms with E-state index in [1.165, 1.54) is 11.3 Å². The molecule has 4 aromatic rings. The van der Waals surface area contributed by atoms with Crippen molar-refractivity contribution in [3.05, 3.63) is 48.3 Å². The summed E-state index contributed by atoms with van der Waals surface area (Å²) in [5.74, 6) is -0.410. The predicted molar refractivity (Wildman–Crippen MR) is 137 cm³/mol. The molecule has 2 N–H and O–H groups in total. The first kappa shape index (κ1) is 24.1. The first-order chi connectivity index (χ1) is 17.4. The summed E-state index contributed by atoms with van der Waals surface area (Å²) >= 11 is 1.47. The minimum Gasteiger partial charge on any atom is -0.381 e. The molecule has 0 bridgehead atoms. The quantitative estimate of drug-likeness (QED) is 0.394. The molecule has 1 fully saturated rings. The van der Waals surface area contributed by atoms with Gasteiger partial charge in [0.15, 0.2) is 0 Å². The van der Waals surface area contributed by atoms with Crippen molar-refractivity contribution < 1.29 is 14.3 Å². The van der Waals surface area contributed by atoms with E-state index in [9.17, 15) is 9.59 Å². The van der Waals surface area contributed by atoms with Crippen LogP contribution < -0.4 is 10.6 Å². The van der Waals surface area contributed by atoms with Gasteiger partial charge in [-0.15, -0.1) is 11.3 Å². The van der Waals surface area contributed by atoms with Crippen molar-refractivity contribution in [1.29, 1.82) is 0 Å². The lowest BCUT2D eigenvalue weighted by atomic mass is 10.1. The van der Waals surface area contributed by atoms with Crippen LogP contribution in [0, 0.1) is 6.92 Å². The number of hydrogen-bond donors (Lipinski definition) is 2. The lowest BCUT2D eigenvalue weighted by Gasteiger charge is -2.30. The zero-order chi connectivity index (χ0) is 25.2. The van der Waals surface area contributed by atoms with Crippen molar-refractivity contribution in [2.24, 2.45) is 7.05 Å². The molecule has 1 aliphatic rings. The number of hydrogen-bond acceptors (Lipinski definition) is 8. The summed E-state index contributed by atoms with van der Waals surface area (Å²) in [7, 11) is 3.59. The number of likely N-dealkylation sites (tertiary alicyclic amines) is 1. The van der Waals surface area contributed by atoms with Gasteiger partial charge < -0.3 is 15.4 Å². The second-order valence-electron chi connectivity index (χ2n) is 8.88. The molecule has 1 aliphatic heterocycles. The van der Waals surface area contributed by atoms with E-state index in [1.54, 1.807) is 47.9 Å². The number of carbonyl (C=O) groups excluding carboxylic acids is 2. The van der Waals surface area contributed by atoms with Crippen LogP contribution >= 0.6 is 11.3 Å². The maximum absolute atomic E-state index is 13.1. The number of amides is 2. The topological polar surface area (TPSA) is 119 Å². The summed E-state index contributed by atoms with van der Waals surface area (Å²) in [6.07, 6.45) is 10.8. The number of pyridine rings is 1. The number of carbonyl (C=O) groups is 2. The lowest BCUT2D eigenvalue weighted by Crippen LogP contribution is -2.41. The van der Waals surface area contributed by atoms with Gasteiger partial charge in [0.2, 0.25) is 5.91 Å². The maximum Gasteiger partial charge on any atom is 0.260 e. The highest BCUT2D eigenvalue weighted by atomic mass is 32.1. The normalized spacial score (nSPS) is 14.9. The smallest absolute Gasteiger partial charge is 0.260 e. The number of rotatable bonds is 7. The van der Waals surface area contributed by atoms with Gasteiger partial charge in [0.05, 0.1) is 58.7 Å². The van der Waals surface area contributed by atoms with Crippen LogP contribution in [0.4, 0.5) is 11.4 Å². The van der Waals surface area contributed by atoms with Gasteiger partial charge in [0, 0.05) is 45.2 Å². The van der Waals surface area contributed by atoms with Gasteiger partial charge >= 0.3 is 0 Å². The van der Waals surface area contributed by atoms with Crippen molar-refractivity contribution >= 4 is 39.4 Å². The SMILES string of the molecule is COC1CCN(CC(=O)Nc2cnc(C)c(NC(=O)c3cnn4cc(-c5cnn(C)c5)sc34)c2)CC1. The fourth-order valence-electron chi connectivity index (χ4n) is 4.25. The maximum atomic E-state index is 13.1. The molecule has 0 aliphatic carbocycles. The lowest BCUT2D eigenvalue weighted by molar-refractivity contribution is -0.117. The number of aryl methyl sites for hydroxylation is 2. The molecule has 12 heteroatoms. The van der Waals surface area contributed by atoms with E-state index in [-0.39, 0.29) is 17.9 Å². The standard InChI is InChI=1S/C24H28N8O3S/c1-15-20(8-17(10-25-15)28-22(33)14-31-6-4-18(35-3)5-7-31)29-23(34)19-11-27-32-13-21(36-24(19)32)16-9-26-30(2)12-16/h8-13,18H,4-7,14H2,1-3H3,(H,28,33)(H,29,34). The fraction of sp³-hybridized carbons (Fsp3) is 0.375. The number of thiazole rings is 1. The Kier molecular flexibility index (Phi) is 6.81. The Bertz CT molecular complexity index is 1400. The van der Waals surface area contributed by atoms with Crippen LogP contribution in [0.15, 0.2) is 37.1 Å². The zero-order valence-corrected chi connectivity index (χ0v) is 21.2. The Morgan fingerprint density at radius 2 is 1.94 bits per heavy atom. The molecule has 0 unspecified atom stereocenters. The molecule has 0 atom stereocenters. The molecule has 5 rings (SSSR count). The average molecular weight is 509 g/mol. The van der Waals surface area contributed by atoms with Gasteiger partial charge in [-0.2, -0.15) is 10.2 Å². The summed E-state index contributed by atoms with van der Waals surface area (Å²) in [6, 6.07) is 1.73. The number of nitrogens with zero attached hydrogens (tertiary/aromatic N) is 6. The molecule has 0 aromatic carbocycles. The Hall–Kier alpha value is -3.61. The number of methoxy groups -OCH3 is 1. The van der Waals surface area contributed by atoms with Crippen molar-refractivity contribution in [1.82, 2.24) is 29.3 Å². The first-order valence-electron chi connectivity index (χ1n) is 11.7. The minimum atomic E-state index is -0.293. The second kappa shape index (κ2) is 10.2. The van der Waals surface area contributed by atoms with Crippen LogP contribution in [-0.4, -0.2) is 73.9 Å². The van der Waals surface area contributed by atoms with Crippen molar-refractivity contribution in [2.45, 2.75) is 25.9 Å². The van der Waals surface area contributed by atoms with Crippen molar-refractivity contribution in [2.75, 3.05) is 37.4 Å². The van der Waals surface area contributed by atoms with E-state index < -0.39 is 0 Å². The van der Waals surface area contributed by atoms with E-state index in [0.29, 0.717) is 29.2 Å². The monoisotopic (exact) mass is 508 g/mol. The van der Waals surface area contributed by atoms with E-state index >= 15 is 0 Å². The molecule has 11 nitrogen and oxygen atoms in total. The van der Waals surface area contributed by atoms with Crippen LogP contribution in [0.5, 0.6) is 0 Å². The molecule has 5 heterocycles. The van der Waals surface area contributed by atoms with Gasteiger partial charge in [-0.3, -0.25) is 24.2 Å². The van der Waals surface area contributed by atoms with Crippen LogP contribution in [0.1, 0.15) is 28.9 Å². The number of nitrogens with one attached hydrogen (secondary N) is 2. The average Bonchev–Trinajstić information content (AvgIpc) is 3.57. The van der Waals surface area contributed by atoms with Gasteiger partial charge in [-0.25, -0.2) is 4.52 Å². The summed E-state index contributed by atoms with van der Waals surface area (Å²) < 4.78 is 8.82. The zero-order valence-electron chi connectivity index (χ0n) is 20.4. The minimum absolute atomic E-state index is 0.117. The van der Waals surface area contributed by atoms with Gasteiger partial charge in [-0.1, -0.05) is 0 Å². The highest BCUT2D eigenvalue weighted by Gasteiger charge is 2.21. The molecule has 4 aromatic heterocycles. The molecule has 1 saturated heterocycles. The first-order valence-corrected chi connectivity index (χ1v) is 12.5. The van der Waals surface area contributed by atoms with Crippen LogP contribution in [0.25, 0.3) is 15.3 Å².